The summed E-state index contributed by atoms with van der Waals surface area (Å²) in [7, 11) is 0. The van der Waals surface area contributed by atoms with Gasteiger partial charge in [-0.05, 0) is 43.3 Å². The van der Waals surface area contributed by atoms with Crippen molar-refractivity contribution < 1.29 is 0 Å². The highest BCUT2D eigenvalue weighted by Crippen LogP contribution is 2.33. The molecule has 3 nitrogen and oxygen atoms in total. The minimum absolute atomic E-state index is 0.444. The SMILES string of the molecule is CCCNC(c1csnn1)C1CCCCC1. The molecule has 0 bridgehead atoms. The number of rotatable bonds is 5. The molecule has 1 saturated carbocycles. The van der Waals surface area contributed by atoms with Gasteiger partial charge in [0.05, 0.1) is 11.7 Å². The monoisotopic (exact) mass is 239 g/mol. The summed E-state index contributed by atoms with van der Waals surface area (Å²) in [6.07, 6.45) is 8.05. The smallest absolute Gasteiger partial charge is 0.0927 e. The Morgan fingerprint density at radius 3 is 2.88 bits per heavy atom. The van der Waals surface area contributed by atoms with Crippen molar-refractivity contribution in [1.29, 1.82) is 0 Å². The summed E-state index contributed by atoms with van der Waals surface area (Å²) in [5, 5.41) is 10.00. The van der Waals surface area contributed by atoms with Crippen LogP contribution in [0.2, 0.25) is 0 Å². The van der Waals surface area contributed by atoms with Crippen molar-refractivity contribution in [3.8, 4) is 0 Å². The normalized spacial score (nSPS) is 19.8. The van der Waals surface area contributed by atoms with Gasteiger partial charge in [0.2, 0.25) is 0 Å². The molecule has 0 amide bonds. The zero-order chi connectivity index (χ0) is 11.2. The van der Waals surface area contributed by atoms with E-state index in [9.17, 15) is 0 Å². The van der Waals surface area contributed by atoms with Crippen LogP contribution in [-0.4, -0.2) is 16.1 Å². The largest absolute Gasteiger partial charge is 0.308 e. The van der Waals surface area contributed by atoms with Crippen molar-refractivity contribution >= 4 is 11.5 Å². The van der Waals surface area contributed by atoms with E-state index in [0.717, 1.165) is 18.2 Å². The predicted molar refractivity (Wildman–Crippen MR) is 67.5 cm³/mol. The molecule has 0 aromatic carbocycles. The number of hydrogen-bond acceptors (Lipinski definition) is 4. The summed E-state index contributed by atoms with van der Waals surface area (Å²) in [6.45, 7) is 3.29. The minimum Gasteiger partial charge on any atom is -0.308 e. The predicted octanol–water partition coefficient (Wildman–Crippen LogP) is 3.16. The topological polar surface area (TPSA) is 37.8 Å². The molecule has 0 saturated heterocycles. The molecule has 1 aliphatic rings. The van der Waals surface area contributed by atoms with Crippen LogP contribution in [0.15, 0.2) is 5.38 Å². The quantitative estimate of drug-likeness (QED) is 0.857. The van der Waals surface area contributed by atoms with E-state index in [0.29, 0.717) is 6.04 Å². The molecule has 1 aromatic heterocycles. The highest BCUT2D eigenvalue weighted by atomic mass is 32.1. The van der Waals surface area contributed by atoms with Crippen LogP contribution < -0.4 is 5.32 Å². The summed E-state index contributed by atoms with van der Waals surface area (Å²) in [4.78, 5) is 0. The summed E-state index contributed by atoms with van der Waals surface area (Å²) in [5.41, 5.74) is 1.16. The third kappa shape index (κ3) is 3.01. The standard InChI is InChI=1S/C12H21N3S/c1-2-8-13-12(11-9-16-15-14-11)10-6-4-3-5-7-10/h9-10,12-13H,2-8H2,1H3. The van der Waals surface area contributed by atoms with Crippen molar-refractivity contribution in [2.45, 2.75) is 51.5 Å². The third-order valence-electron chi connectivity index (χ3n) is 3.43. The molecular formula is C12H21N3S. The molecule has 2 rings (SSSR count). The van der Waals surface area contributed by atoms with Gasteiger partial charge in [-0.1, -0.05) is 30.7 Å². The van der Waals surface area contributed by atoms with Crippen LogP contribution in [-0.2, 0) is 0 Å². The fourth-order valence-corrected chi connectivity index (χ4v) is 3.08. The molecule has 1 unspecified atom stereocenters. The molecular weight excluding hydrogens is 218 g/mol. The van der Waals surface area contributed by atoms with Gasteiger partial charge in [0.15, 0.2) is 0 Å². The summed E-state index contributed by atoms with van der Waals surface area (Å²) in [5.74, 6) is 0.768. The van der Waals surface area contributed by atoms with Gasteiger partial charge >= 0.3 is 0 Å². The van der Waals surface area contributed by atoms with Crippen molar-refractivity contribution in [3.05, 3.63) is 11.1 Å². The van der Waals surface area contributed by atoms with Gasteiger partial charge in [0.1, 0.15) is 0 Å². The Kier molecular flexibility index (Phi) is 4.72. The van der Waals surface area contributed by atoms with Crippen molar-refractivity contribution in [2.75, 3.05) is 6.54 Å². The first kappa shape index (κ1) is 12.0. The molecule has 0 spiro atoms. The van der Waals surface area contributed by atoms with E-state index < -0.39 is 0 Å². The van der Waals surface area contributed by atoms with E-state index >= 15 is 0 Å². The highest BCUT2D eigenvalue weighted by molar-refractivity contribution is 7.03. The van der Waals surface area contributed by atoms with Gasteiger partial charge < -0.3 is 5.32 Å². The average molecular weight is 239 g/mol. The Labute approximate surface area is 102 Å². The molecule has 1 fully saturated rings. The lowest BCUT2D eigenvalue weighted by molar-refractivity contribution is 0.268. The first-order valence-electron chi connectivity index (χ1n) is 6.42. The third-order valence-corrected chi connectivity index (χ3v) is 3.95. The lowest BCUT2D eigenvalue weighted by Crippen LogP contribution is -2.30. The maximum atomic E-state index is 4.25. The van der Waals surface area contributed by atoms with E-state index in [1.165, 1.54) is 50.1 Å². The molecule has 1 atom stereocenters. The van der Waals surface area contributed by atoms with Crippen LogP contribution in [0.25, 0.3) is 0 Å². The fraction of sp³-hybridized carbons (Fsp3) is 0.833. The van der Waals surface area contributed by atoms with E-state index in [2.05, 4.69) is 27.2 Å². The first-order valence-corrected chi connectivity index (χ1v) is 7.25. The maximum Gasteiger partial charge on any atom is 0.0927 e. The van der Waals surface area contributed by atoms with E-state index in [1.807, 2.05) is 0 Å². The van der Waals surface area contributed by atoms with E-state index in [-0.39, 0.29) is 0 Å². The summed E-state index contributed by atoms with van der Waals surface area (Å²) < 4.78 is 4.00. The van der Waals surface area contributed by atoms with Gasteiger partial charge in [-0.25, -0.2) is 0 Å². The van der Waals surface area contributed by atoms with Crippen molar-refractivity contribution in [1.82, 2.24) is 14.9 Å². The second-order valence-electron chi connectivity index (χ2n) is 4.66. The molecule has 1 aliphatic carbocycles. The summed E-state index contributed by atoms with van der Waals surface area (Å²) in [6, 6.07) is 0.444. The molecule has 90 valence electrons. The lowest BCUT2D eigenvalue weighted by atomic mass is 9.83. The molecule has 1 heterocycles. The van der Waals surface area contributed by atoms with Gasteiger partial charge in [0.25, 0.3) is 0 Å². The minimum atomic E-state index is 0.444. The Hall–Kier alpha value is -0.480. The summed E-state index contributed by atoms with van der Waals surface area (Å²) >= 11 is 1.46. The Balaban J connectivity index is 2.01. The van der Waals surface area contributed by atoms with Crippen LogP contribution >= 0.6 is 11.5 Å². The Bertz CT molecular complexity index is 280. The molecule has 0 radical (unpaired) electrons. The van der Waals surface area contributed by atoms with Gasteiger partial charge in [-0.2, -0.15) is 0 Å². The second kappa shape index (κ2) is 6.30. The van der Waals surface area contributed by atoms with Crippen molar-refractivity contribution in [2.24, 2.45) is 5.92 Å². The maximum absolute atomic E-state index is 4.25. The number of nitrogens with zero attached hydrogens (tertiary/aromatic N) is 2. The van der Waals surface area contributed by atoms with Gasteiger partial charge in [-0.15, -0.1) is 5.10 Å². The molecule has 4 heteroatoms. The lowest BCUT2D eigenvalue weighted by Gasteiger charge is -2.29. The molecule has 1 N–H and O–H groups in total. The Morgan fingerprint density at radius 2 is 2.25 bits per heavy atom. The van der Waals surface area contributed by atoms with Gasteiger partial charge in [0, 0.05) is 5.38 Å². The zero-order valence-corrected chi connectivity index (χ0v) is 10.8. The van der Waals surface area contributed by atoms with Crippen LogP contribution in [0.4, 0.5) is 0 Å². The van der Waals surface area contributed by atoms with Crippen LogP contribution in [0.1, 0.15) is 57.2 Å². The van der Waals surface area contributed by atoms with Crippen LogP contribution in [0, 0.1) is 5.92 Å². The van der Waals surface area contributed by atoms with Crippen LogP contribution in [0.3, 0.4) is 0 Å². The first-order chi connectivity index (χ1) is 7.92. The van der Waals surface area contributed by atoms with Gasteiger partial charge in [-0.3, -0.25) is 0 Å². The second-order valence-corrected chi connectivity index (χ2v) is 5.27. The Morgan fingerprint density at radius 1 is 1.44 bits per heavy atom. The highest BCUT2D eigenvalue weighted by Gasteiger charge is 2.26. The molecule has 16 heavy (non-hydrogen) atoms. The number of hydrogen-bond donors (Lipinski definition) is 1. The van der Waals surface area contributed by atoms with E-state index in [1.54, 1.807) is 0 Å². The number of aromatic nitrogens is 2. The van der Waals surface area contributed by atoms with Crippen molar-refractivity contribution in [3.63, 3.8) is 0 Å². The average Bonchev–Trinajstić information content (AvgIpc) is 2.85. The fourth-order valence-electron chi connectivity index (χ4n) is 2.59. The number of nitrogens with one attached hydrogen (secondary N) is 1. The van der Waals surface area contributed by atoms with Crippen LogP contribution in [0.5, 0.6) is 0 Å². The zero-order valence-electron chi connectivity index (χ0n) is 9.98. The van der Waals surface area contributed by atoms with E-state index in [4.69, 9.17) is 0 Å². The molecule has 1 aromatic rings. The molecule has 0 aliphatic heterocycles.